The lowest BCUT2D eigenvalue weighted by molar-refractivity contribution is 0.166. The van der Waals surface area contributed by atoms with Gasteiger partial charge in [-0.3, -0.25) is 4.90 Å². The van der Waals surface area contributed by atoms with Crippen molar-refractivity contribution in [1.82, 2.24) is 4.90 Å². The van der Waals surface area contributed by atoms with E-state index in [2.05, 4.69) is 11.8 Å². The predicted molar refractivity (Wildman–Crippen MR) is 80.3 cm³/mol. The zero-order valence-corrected chi connectivity index (χ0v) is 12.7. The van der Waals surface area contributed by atoms with Gasteiger partial charge < -0.3 is 5.73 Å². The number of likely N-dealkylation sites (tertiary alicyclic amines) is 1. The summed E-state index contributed by atoms with van der Waals surface area (Å²) in [6.45, 7) is 4.96. The van der Waals surface area contributed by atoms with Crippen LogP contribution in [-0.2, 0) is 6.54 Å². The van der Waals surface area contributed by atoms with Crippen molar-refractivity contribution in [2.45, 2.75) is 32.4 Å². The van der Waals surface area contributed by atoms with Crippen molar-refractivity contribution >= 4 is 24.0 Å². The Kier molecular flexibility index (Phi) is 6.54. The molecular weight excluding hydrogens is 286 g/mol. The lowest BCUT2D eigenvalue weighted by Crippen LogP contribution is -2.39. The van der Waals surface area contributed by atoms with Gasteiger partial charge in [0.05, 0.1) is 0 Å². The Labute approximate surface area is 125 Å². The number of hydrogen-bond acceptors (Lipinski definition) is 2. The molecular formula is C14H21Cl2FN2. The van der Waals surface area contributed by atoms with Crippen LogP contribution < -0.4 is 5.73 Å². The zero-order chi connectivity index (χ0) is 13.1. The fourth-order valence-electron chi connectivity index (χ4n) is 2.53. The summed E-state index contributed by atoms with van der Waals surface area (Å²) in [7, 11) is 0. The van der Waals surface area contributed by atoms with Crippen LogP contribution >= 0.6 is 24.0 Å². The second-order valence-corrected chi connectivity index (χ2v) is 5.62. The lowest BCUT2D eigenvalue weighted by atomic mass is 9.91. The Balaban J connectivity index is 0.00000180. The van der Waals surface area contributed by atoms with Crippen molar-refractivity contribution in [2.24, 2.45) is 11.7 Å². The number of piperidine rings is 1. The van der Waals surface area contributed by atoms with E-state index in [4.69, 9.17) is 17.3 Å². The van der Waals surface area contributed by atoms with Gasteiger partial charge in [0.15, 0.2) is 0 Å². The third-order valence-electron chi connectivity index (χ3n) is 3.78. The first-order chi connectivity index (χ1) is 8.56. The molecule has 1 aliphatic heterocycles. The summed E-state index contributed by atoms with van der Waals surface area (Å²) in [5, 5.41) is 0.518. The Morgan fingerprint density at radius 1 is 1.42 bits per heavy atom. The molecule has 0 saturated carbocycles. The Morgan fingerprint density at radius 2 is 2.05 bits per heavy atom. The van der Waals surface area contributed by atoms with Crippen LogP contribution in [0.3, 0.4) is 0 Å². The monoisotopic (exact) mass is 306 g/mol. The highest BCUT2D eigenvalue weighted by Gasteiger charge is 2.22. The minimum Gasteiger partial charge on any atom is -0.328 e. The molecule has 5 heteroatoms. The third kappa shape index (κ3) is 4.60. The van der Waals surface area contributed by atoms with Gasteiger partial charge in [-0.2, -0.15) is 0 Å². The van der Waals surface area contributed by atoms with Crippen molar-refractivity contribution in [1.29, 1.82) is 0 Å². The van der Waals surface area contributed by atoms with Gasteiger partial charge >= 0.3 is 0 Å². The standard InChI is InChI=1S/C14H20ClFN2.ClH/c1-10(17)11-4-6-18(7-5-11)9-12-2-3-13(16)8-14(12)15;/h2-3,8,10-11H,4-7,9,17H2,1H3;1H. The van der Waals surface area contributed by atoms with E-state index in [1.807, 2.05) is 0 Å². The van der Waals surface area contributed by atoms with Crippen molar-refractivity contribution in [3.63, 3.8) is 0 Å². The van der Waals surface area contributed by atoms with E-state index < -0.39 is 0 Å². The van der Waals surface area contributed by atoms with Crippen LogP contribution in [0.4, 0.5) is 4.39 Å². The van der Waals surface area contributed by atoms with E-state index in [0.29, 0.717) is 10.9 Å². The van der Waals surface area contributed by atoms with Gasteiger partial charge in [0, 0.05) is 17.6 Å². The Morgan fingerprint density at radius 3 is 2.58 bits per heavy atom. The molecule has 2 rings (SSSR count). The maximum atomic E-state index is 13.0. The topological polar surface area (TPSA) is 29.3 Å². The molecule has 19 heavy (non-hydrogen) atoms. The summed E-state index contributed by atoms with van der Waals surface area (Å²) in [5.41, 5.74) is 6.92. The van der Waals surface area contributed by atoms with Crippen LogP contribution in [0.25, 0.3) is 0 Å². The highest BCUT2D eigenvalue weighted by Crippen LogP contribution is 2.24. The van der Waals surface area contributed by atoms with Crippen molar-refractivity contribution in [2.75, 3.05) is 13.1 Å². The highest BCUT2D eigenvalue weighted by molar-refractivity contribution is 6.31. The molecule has 108 valence electrons. The maximum Gasteiger partial charge on any atom is 0.124 e. The fourth-order valence-corrected chi connectivity index (χ4v) is 2.75. The molecule has 1 saturated heterocycles. The largest absolute Gasteiger partial charge is 0.328 e. The smallest absolute Gasteiger partial charge is 0.124 e. The molecule has 0 aromatic heterocycles. The molecule has 1 aliphatic rings. The lowest BCUT2D eigenvalue weighted by Gasteiger charge is -2.33. The zero-order valence-electron chi connectivity index (χ0n) is 11.1. The first-order valence-corrected chi connectivity index (χ1v) is 6.86. The van der Waals surface area contributed by atoms with Crippen LogP contribution in [0.2, 0.25) is 5.02 Å². The van der Waals surface area contributed by atoms with Gasteiger partial charge in [0.1, 0.15) is 5.82 Å². The maximum absolute atomic E-state index is 13.0. The fraction of sp³-hybridized carbons (Fsp3) is 0.571. The quantitative estimate of drug-likeness (QED) is 0.926. The molecule has 1 unspecified atom stereocenters. The van der Waals surface area contributed by atoms with Gasteiger partial charge in [0.2, 0.25) is 0 Å². The van der Waals surface area contributed by atoms with Gasteiger partial charge in [-0.05, 0) is 56.5 Å². The molecule has 0 radical (unpaired) electrons. The highest BCUT2D eigenvalue weighted by atomic mass is 35.5. The molecule has 0 spiro atoms. The van der Waals surface area contributed by atoms with E-state index in [1.165, 1.54) is 12.1 Å². The first kappa shape index (κ1) is 16.7. The van der Waals surface area contributed by atoms with Crippen LogP contribution in [0, 0.1) is 11.7 Å². The summed E-state index contributed by atoms with van der Waals surface area (Å²) < 4.78 is 13.0. The summed E-state index contributed by atoms with van der Waals surface area (Å²) in [6, 6.07) is 4.90. The molecule has 0 bridgehead atoms. The van der Waals surface area contributed by atoms with E-state index in [1.54, 1.807) is 6.07 Å². The molecule has 0 amide bonds. The number of rotatable bonds is 3. The van der Waals surface area contributed by atoms with Gasteiger partial charge in [-0.15, -0.1) is 12.4 Å². The second-order valence-electron chi connectivity index (χ2n) is 5.21. The summed E-state index contributed by atoms with van der Waals surface area (Å²) in [5.74, 6) is 0.351. The van der Waals surface area contributed by atoms with Crippen LogP contribution in [0.5, 0.6) is 0 Å². The molecule has 2 nitrogen and oxygen atoms in total. The van der Waals surface area contributed by atoms with Gasteiger partial charge in [0.25, 0.3) is 0 Å². The van der Waals surface area contributed by atoms with Crippen molar-refractivity contribution in [3.05, 3.63) is 34.6 Å². The van der Waals surface area contributed by atoms with Crippen molar-refractivity contribution in [3.8, 4) is 0 Å². The second kappa shape index (κ2) is 7.44. The van der Waals surface area contributed by atoms with E-state index >= 15 is 0 Å². The van der Waals surface area contributed by atoms with Crippen molar-refractivity contribution < 1.29 is 4.39 Å². The minimum absolute atomic E-state index is 0. The summed E-state index contributed by atoms with van der Waals surface area (Å²) in [4.78, 5) is 2.36. The minimum atomic E-state index is -0.278. The average molecular weight is 307 g/mol. The molecule has 0 aliphatic carbocycles. The molecule has 1 fully saturated rings. The SMILES string of the molecule is CC(N)C1CCN(Cc2ccc(F)cc2Cl)CC1.Cl. The number of hydrogen-bond donors (Lipinski definition) is 1. The van der Waals surface area contributed by atoms with E-state index in [9.17, 15) is 4.39 Å². The Hall–Kier alpha value is -0.350. The Bertz CT molecular complexity index is 404. The molecule has 1 atom stereocenters. The molecule has 1 aromatic rings. The van der Waals surface area contributed by atoms with E-state index in [-0.39, 0.29) is 24.3 Å². The van der Waals surface area contributed by atoms with Crippen LogP contribution in [0.1, 0.15) is 25.3 Å². The summed E-state index contributed by atoms with van der Waals surface area (Å²) >= 11 is 6.04. The third-order valence-corrected chi connectivity index (χ3v) is 4.14. The summed E-state index contributed by atoms with van der Waals surface area (Å²) in [6.07, 6.45) is 2.27. The molecule has 1 aromatic carbocycles. The molecule has 2 N–H and O–H groups in total. The first-order valence-electron chi connectivity index (χ1n) is 6.48. The van der Waals surface area contributed by atoms with Crippen LogP contribution in [0.15, 0.2) is 18.2 Å². The van der Waals surface area contributed by atoms with Gasteiger partial charge in [-0.1, -0.05) is 17.7 Å². The molecule has 1 heterocycles. The predicted octanol–water partition coefficient (Wildman–Crippen LogP) is 3.46. The number of nitrogens with two attached hydrogens (primary N) is 1. The van der Waals surface area contributed by atoms with Gasteiger partial charge in [-0.25, -0.2) is 4.39 Å². The number of nitrogens with zero attached hydrogens (tertiary/aromatic N) is 1. The number of benzene rings is 1. The average Bonchev–Trinajstić information content (AvgIpc) is 2.33. The van der Waals surface area contributed by atoms with E-state index in [0.717, 1.165) is 38.0 Å². The normalized spacial score (nSPS) is 18.9. The number of halogens is 3. The van der Waals surface area contributed by atoms with Crippen LogP contribution in [-0.4, -0.2) is 24.0 Å².